The SMILES string of the molecule is CN(c1cccc(-c2ccc(C(F)(F)F)nc2)c1)c1nc(=N)n(C=N)c2cc(Cl)ccc12. The van der Waals surface area contributed by atoms with Gasteiger partial charge in [-0.05, 0) is 42.0 Å². The van der Waals surface area contributed by atoms with Crippen molar-refractivity contribution in [1.82, 2.24) is 14.5 Å². The van der Waals surface area contributed by atoms with Crippen LogP contribution in [0.3, 0.4) is 0 Å². The molecule has 0 bridgehead atoms. The van der Waals surface area contributed by atoms with Gasteiger partial charge in [-0.3, -0.25) is 20.4 Å². The van der Waals surface area contributed by atoms with E-state index in [2.05, 4.69) is 9.97 Å². The quantitative estimate of drug-likeness (QED) is 0.315. The minimum atomic E-state index is -4.50. The highest BCUT2D eigenvalue weighted by molar-refractivity contribution is 6.31. The van der Waals surface area contributed by atoms with Gasteiger partial charge in [0.2, 0.25) is 5.62 Å². The normalized spacial score (nSPS) is 11.5. The van der Waals surface area contributed by atoms with Gasteiger partial charge in [0, 0.05) is 34.9 Å². The van der Waals surface area contributed by atoms with Crippen molar-refractivity contribution in [1.29, 1.82) is 10.8 Å². The van der Waals surface area contributed by atoms with Crippen molar-refractivity contribution in [2.24, 2.45) is 0 Å². The van der Waals surface area contributed by atoms with Crippen LogP contribution >= 0.6 is 11.6 Å². The number of fused-ring (bicyclic) bond motifs is 1. The Morgan fingerprint density at radius 3 is 2.50 bits per heavy atom. The van der Waals surface area contributed by atoms with Crippen molar-refractivity contribution in [2.45, 2.75) is 6.18 Å². The fourth-order valence-electron chi connectivity index (χ4n) is 3.36. The number of aromatic nitrogens is 3. The second-order valence-corrected chi connectivity index (χ2v) is 7.40. The van der Waals surface area contributed by atoms with Gasteiger partial charge in [-0.1, -0.05) is 29.8 Å². The Hall–Kier alpha value is -3.72. The molecule has 0 aliphatic rings. The molecule has 0 aliphatic heterocycles. The fraction of sp³-hybridized carbons (Fsp3) is 0.0909. The van der Waals surface area contributed by atoms with E-state index in [-0.39, 0.29) is 5.62 Å². The van der Waals surface area contributed by atoms with Crippen molar-refractivity contribution in [2.75, 3.05) is 11.9 Å². The summed E-state index contributed by atoms with van der Waals surface area (Å²) in [5, 5.41) is 16.9. The van der Waals surface area contributed by atoms with Crippen LogP contribution in [0.15, 0.2) is 60.8 Å². The zero-order valence-electron chi connectivity index (χ0n) is 16.7. The largest absolute Gasteiger partial charge is 0.433 e. The molecule has 6 nitrogen and oxygen atoms in total. The molecule has 162 valence electrons. The number of hydrogen-bond donors (Lipinski definition) is 2. The maximum Gasteiger partial charge on any atom is 0.433 e. The molecule has 0 atom stereocenters. The summed E-state index contributed by atoms with van der Waals surface area (Å²) in [5.41, 5.74) is 1.39. The number of halogens is 4. The van der Waals surface area contributed by atoms with Crippen LogP contribution in [0, 0.1) is 10.8 Å². The van der Waals surface area contributed by atoms with Gasteiger partial charge in [-0.15, -0.1) is 0 Å². The van der Waals surface area contributed by atoms with Crippen molar-refractivity contribution in [3.8, 4) is 11.1 Å². The van der Waals surface area contributed by atoms with E-state index in [4.69, 9.17) is 22.4 Å². The summed E-state index contributed by atoms with van der Waals surface area (Å²) in [6.07, 6.45) is -2.31. The molecule has 0 fully saturated rings. The first kappa shape index (κ1) is 21.5. The highest BCUT2D eigenvalue weighted by atomic mass is 35.5. The third-order valence-electron chi connectivity index (χ3n) is 4.97. The fourth-order valence-corrected chi connectivity index (χ4v) is 3.52. The lowest BCUT2D eigenvalue weighted by Crippen LogP contribution is -2.26. The molecule has 4 aromatic rings. The Kier molecular flexibility index (Phi) is 5.43. The van der Waals surface area contributed by atoms with Gasteiger partial charge in [-0.2, -0.15) is 18.2 Å². The number of nitrogens with zero attached hydrogens (tertiary/aromatic N) is 4. The molecule has 0 unspecified atom stereocenters. The highest BCUT2D eigenvalue weighted by Gasteiger charge is 2.32. The zero-order valence-corrected chi connectivity index (χ0v) is 17.4. The summed E-state index contributed by atoms with van der Waals surface area (Å²) >= 11 is 6.12. The molecule has 0 radical (unpaired) electrons. The topological polar surface area (TPSA) is 81.7 Å². The summed E-state index contributed by atoms with van der Waals surface area (Å²) in [6.45, 7) is 0. The van der Waals surface area contributed by atoms with E-state index in [1.54, 1.807) is 48.3 Å². The maximum atomic E-state index is 12.8. The van der Waals surface area contributed by atoms with Gasteiger partial charge < -0.3 is 4.90 Å². The van der Waals surface area contributed by atoms with Gasteiger partial charge in [0.1, 0.15) is 11.5 Å². The smallest absolute Gasteiger partial charge is 0.329 e. The average Bonchev–Trinajstić information content (AvgIpc) is 2.77. The lowest BCUT2D eigenvalue weighted by atomic mass is 10.1. The first-order valence-electron chi connectivity index (χ1n) is 9.33. The van der Waals surface area contributed by atoms with Crippen molar-refractivity contribution < 1.29 is 13.2 Å². The monoisotopic (exact) mass is 456 g/mol. The number of rotatable bonds is 4. The molecule has 0 aliphatic carbocycles. The molecule has 0 saturated heterocycles. The Bertz CT molecular complexity index is 1380. The van der Waals surface area contributed by atoms with Crippen LogP contribution in [0.5, 0.6) is 0 Å². The minimum Gasteiger partial charge on any atom is -0.329 e. The maximum absolute atomic E-state index is 12.8. The third kappa shape index (κ3) is 3.94. The Morgan fingerprint density at radius 2 is 1.84 bits per heavy atom. The molecule has 4 rings (SSSR count). The minimum absolute atomic E-state index is 0.139. The molecule has 10 heteroatoms. The predicted molar refractivity (Wildman–Crippen MR) is 118 cm³/mol. The number of benzene rings is 2. The van der Waals surface area contributed by atoms with E-state index >= 15 is 0 Å². The van der Waals surface area contributed by atoms with Crippen LogP contribution in [0.25, 0.3) is 22.0 Å². The van der Waals surface area contributed by atoms with Crippen LogP contribution in [0.2, 0.25) is 5.02 Å². The van der Waals surface area contributed by atoms with E-state index in [0.717, 1.165) is 12.4 Å². The van der Waals surface area contributed by atoms with Crippen LogP contribution < -0.4 is 10.5 Å². The first-order valence-corrected chi connectivity index (χ1v) is 9.71. The Morgan fingerprint density at radius 1 is 1.06 bits per heavy atom. The number of nitrogens with one attached hydrogen (secondary N) is 2. The summed E-state index contributed by atoms with van der Waals surface area (Å²) in [6, 6.07) is 14.6. The summed E-state index contributed by atoms with van der Waals surface area (Å²) in [7, 11) is 1.77. The molecule has 0 saturated carbocycles. The lowest BCUT2D eigenvalue weighted by Gasteiger charge is -2.22. The summed E-state index contributed by atoms with van der Waals surface area (Å²) in [4.78, 5) is 9.64. The van der Waals surface area contributed by atoms with Gasteiger partial charge in [0.15, 0.2) is 0 Å². The van der Waals surface area contributed by atoms with Crippen molar-refractivity contribution in [3.63, 3.8) is 0 Å². The van der Waals surface area contributed by atoms with E-state index in [9.17, 15) is 13.2 Å². The first-order chi connectivity index (χ1) is 15.2. The molecule has 0 amide bonds. The van der Waals surface area contributed by atoms with E-state index < -0.39 is 11.9 Å². The summed E-state index contributed by atoms with van der Waals surface area (Å²) < 4.78 is 39.7. The Balaban J connectivity index is 1.78. The number of hydrogen-bond acceptors (Lipinski definition) is 5. The second kappa shape index (κ2) is 8.08. The number of anilines is 2. The summed E-state index contributed by atoms with van der Waals surface area (Å²) in [5.74, 6) is 0.475. The number of alkyl halides is 3. The molecule has 0 spiro atoms. The standard InChI is InChI=1S/C22H16ClF3N6/c1-31(20-17-7-6-15(23)10-18(17)32(12-27)21(28)30-20)16-4-2-3-13(9-16)14-5-8-19(29-11-14)22(24,25)26/h2-12,27-28H,1H3. The lowest BCUT2D eigenvalue weighted by molar-refractivity contribution is -0.141. The zero-order chi connectivity index (χ0) is 23.0. The molecule has 2 heterocycles. The van der Waals surface area contributed by atoms with Gasteiger partial charge in [0.25, 0.3) is 0 Å². The molecular formula is C22H16ClF3N6. The van der Waals surface area contributed by atoms with Crippen LogP contribution in [0.4, 0.5) is 24.7 Å². The van der Waals surface area contributed by atoms with Crippen molar-refractivity contribution in [3.05, 3.63) is 77.1 Å². The van der Waals surface area contributed by atoms with E-state index in [1.807, 2.05) is 6.07 Å². The highest BCUT2D eigenvalue weighted by Crippen LogP contribution is 2.33. The second-order valence-electron chi connectivity index (χ2n) is 6.96. The van der Waals surface area contributed by atoms with Crippen LogP contribution in [0.1, 0.15) is 5.69 Å². The van der Waals surface area contributed by atoms with E-state index in [0.29, 0.717) is 38.6 Å². The molecule has 2 aromatic heterocycles. The van der Waals surface area contributed by atoms with Gasteiger partial charge in [-0.25, -0.2) is 0 Å². The average molecular weight is 457 g/mol. The molecule has 2 N–H and O–H groups in total. The van der Waals surface area contributed by atoms with Crippen LogP contribution in [-0.4, -0.2) is 27.9 Å². The predicted octanol–water partition coefficient (Wildman–Crippen LogP) is 5.47. The van der Waals surface area contributed by atoms with Crippen LogP contribution in [-0.2, 0) is 6.18 Å². The molecule has 32 heavy (non-hydrogen) atoms. The molecule has 2 aromatic carbocycles. The number of pyridine rings is 1. The molecular weight excluding hydrogens is 441 g/mol. The third-order valence-corrected chi connectivity index (χ3v) is 5.20. The van der Waals surface area contributed by atoms with Gasteiger partial charge in [0.05, 0.1) is 11.9 Å². The van der Waals surface area contributed by atoms with E-state index in [1.165, 1.54) is 16.8 Å². The van der Waals surface area contributed by atoms with Crippen molar-refractivity contribution >= 4 is 40.3 Å². The van der Waals surface area contributed by atoms with Gasteiger partial charge >= 0.3 is 6.18 Å². The Labute approximate surface area is 185 Å².